The van der Waals surface area contributed by atoms with Gasteiger partial charge in [0.2, 0.25) is 0 Å². The lowest BCUT2D eigenvalue weighted by molar-refractivity contribution is 0.418. The van der Waals surface area contributed by atoms with Gasteiger partial charge in [0.05, 0.1) is 10.6 Å². The highest BCUT2D eigenvalue weighted by atomic mass is 35.5. The number of hydrogen-bond donors (Lipinski definition) is 2. The van der Waals surface area contributed by atoms with Gasteiger partial charge in [0, 0.05) is 18.8 Å². The van der Waals surface area contributed by atoms with E-state index in [1.165, 1.54) is 0 Å². The van der Waals surface area contributed by atoms with Crippen LogP contribution in [0.5, 0.6) is 0 Å². The van der Waals surface area contributed by atoms with E-state index in [2.05, 4.69) is 18.7 Å². The average molecular weight is 252 g/mol. The molecule has 0 saturated carbocycles. The van der Waals surface area contributed by atoms with Crippen molar-refractivity contribution >= 4 is 23.1 Å². The molecule has 0 aliphatic carbocycles. The van der Waals surface area contributed by atoms with E-state index >= 15 is 0 Å². The Kier molecular flexibility index (Phi) is 3.04. The number of nitrogens with zero attached hydrogens (tertiary/aromatic N) is 1. The van der Waals surface area contributed by atoms with E-state index < -0.39 is 0 Å². The van der Waals surface area contributed by atoms with Crippen LogP contribution in [0.15, 0.2) is 18.2 Å². The van der Waals surface area contributed by atoms with Crippen LogP contribution in [-0.2, 0) is 0 Å². The quantitative estimate of drug-likeness (QED) is 0.627. The third kappa shape index (κ3) is 2.39. The maximum atomic E-state index is 7.65. The number of rotatable bonds is 2. The molecule has 0 spiro atoms. The van der Waals surface area contributed by atoms with Crippen LogP contribution in [-0.4, -0.2) is 18.9 Å². The first-order valence-corrected chi connectivity index (χ1v) is 6.16. The van der Waals surface area contributed by atoms with Gasteiger partial charge >= 0.3 is 0 Å². The molecule has 1 aromatic carbocycles. The van der Waals surface area contributed by atoms with E-state index in [1.807, 2.05) is 12.1 Å². The normalized spacial score (nSPS) is 18.4. The second-order valence-electron chi connectivity index (χ2n) is 5.38. The smallest absolute Gasteiger partial charge is 0.126 e. The summed E-state index contributed by atoms with van der Waals surface area (Å²) in [5.74, 6) is 0.0373. The van der Waals surface area contributed by atoms with Crippen LogP contribution in [0.4, 0.5) is 5.69 Å². The second-order valence-corrected chi connectivity index (χ2v) is 5.79. The Morgan fingerprint density at radius 2 is 2.18 bits per heavy atom. The Labute approximate surface area is 107 Å². The third-order valence-electron chi connectivity index (χ3n) is 3.28. The molecule has 0 unspecified atom stereocenters. The van der Waals surface area contributed by atoms with Gasteiger partial charge in [0.1, 0.15) is 5.84 Å². The lowest BCUT2D eigenvalue weighted by Crippen LogP contribution is -2.26. The first-order chi connectivity index (χ1) is 7.91. The van der Waals surface area contributed by atoms with Crippen LogP contribution in [0.2, 0.25) is 5.02 Å². The Balaban J connectivity index is 2.40. The van der Waals surface area contributed by atoms with Crippen LogP contribution >= 0.6 is 11.6 Å². The van der Waals surface area contributed by atoms with Crippen molar-refractivity contribution in [2.24, 2.45) is 11.1 Å². The summed E-state index contributed by atoms with van der Waals surface area (Å²) in [6, 6.07) is 5.68. The standard InChI is InChI=1S/C13H18ClN3/c1-13(2)6-7-17(8-13)10-5-3-4-9(14)11(10)12(15)16/h3-5H,6-8H2,1-2H3,(H3,15,16). The number of benzene rings is 1. The van der Waals surface area contributed by atoms with Gasteiger partial charge in [-0.15, -0.1) is 0 Å². The zero-order valence-electron chi connectivity index (χ0n) is 10.3. The molecule has 1 heterocycles. The molecule has 1 fully saturated rings. The summed E-state index contributed by atoms with van der Waals surface area (Å²) in [5, 5.41) is 8.20. The summed E-state index contributed by atoms with van der Waals surface area (Å²) in [6.07, 6.45) is 1.15. The van der Waals surface area contributed by atoms with Crippen molar-refractivity contribution in [1.29, 1.82) is 5.41 Å². The number of nitrogen functional groups attached to an aromatic ring is 1. The first kappa shape index (κ1) is 12.2. The van der Waals surface area contributed by atoms with Crippen molar-refractivity contribution in [2.45, 2.75) is 20.3 Å². The third-order valence-corrected chi connectivity index (χ3v) is 3.59. The number of hydrogen-bond acceptors (Lipinski definition) is 2. The fraction of sp³-hybridized carbons (Fsp3) is 0.462. The van der Waals surface area contributed by atoms with Gasteiger partial charge < -0.3 is 10.6 Å². The number of halogens is 1. The van der Waals surface area contributed by atoms with E-state index in [4.69, 9.17) is 22.7 Å². The van der Waals surface area contributed by atoms with E-state index in [1.54, 1.807) is 6.07 Å². The topological polar surface area (TPSA) is 53.1 Å². The molecule has 3 nitrogen and oxygen atoms in total. The SMILES string of the molecule is CC1(C)CCN(c2cccc(Cl)c2C(=N)N)C1. The Hall–Kier alpha value is -1.22. The summed E-state index contributed by atoms with van der Waals surface area (Å²) < 4.78 is 0. The summed E-state index contributed by atoms with van der Waals surface area (Å²) >= 11 is 6.13. The molecule has 4 heteroatoms. The molecule has 0 aromatic heterocycles. The second kappa shape index (κ2) is 4.22. The predicted octanol–water partition coefficient (Wildman–Crippen LogP) is 2.86. The van der Waals surface area contributed by atoms with Gasteiger partial charge in [-0.3, -0.25) is 5.41 Å². The van der Waals surface area contributed by atoms with E-state index in [0.717, 1.165) is 25.2 Å². The minimum Gasteiger partial charge on any atom is -0.384 e. The highest BCUT2D eigenvalue weighted by Gasteiger charge is 2.30. The highest BCUT2D eigenvalue weighted by molar-refractivity contribution is 6.34. The Morgan fingerprint density at radius 1 is 1.47 bits per heavy atom. The minimum absolute atomic E-state index is 0.0373. The van der Waals surface area contributed by atoms with Gasteiger partial charge in [0.15, 0.2) is 0 Å². The molecular formula is C13H18ClN3. The molecule has 0 radical (unpaired) electrons. The van der Waals surface area contributed by atoms with Crippen LogP contribution in [0, 0.1) is 10.8 Å². The number of amidine groups is 1. The molecule has 0 atom stereocenters. The zero-order chi connectivity index (χ0) is 12.6. The van der Waals surface area contributed by atoms with E-state index in [0.29, 0.717) is 16.0 Å². The molecule has 3 N–H and O–H groups in total. The molecule has 1 aromatic rings. The molecule has 1 aliphatic heterocycles. The number of nitrogens with two attached hydrogens (primary N) is 1. The average Bonchev–Trinajstić information content (AvgIpc) is 2.57. The van der Waals surface area contributed by atoms with Gasteiger partial charge in [-0.1, -0.05) is 31.5 Å². The largest absolute Gasteiger partial charge is 0.384 e. The molecule has 17 heavy (non-hydrogen) atoms. The van der Waals surface area contributed by atoms with Crippen LogP contribution < -0.4 is 10.6 Å². The zero-order valence-corrected chi connectivity index (χ0v) is 11.0. The lowest BCUT2D eigenvalue weighted by Gasteiger charge is -2.24. The Morgan fingerprint density at radius 3 is 2.71 bits per heavy atom. The Bertz CT molecular complexity index is 454. The van der Waals surface area contributed by atoms with Crippen molar-refractivity contribution < 1.29 is 0 Å². The van der Waals surface area contributed by atoms with E-state index in [-0.39, 0.29) is 5.84 Å². The lowest BCUT2D eigenvalue weighted by atomic mass is 9.93. The summed E-state index contributed by atoms with van der Waals surface area (Å²) in [4.78, 5) is 2.27. The fourth-order valence-corrected chi connectivity index (χ4v) is 2.63. The molecule has 1 aliphatic rings. The van der Waals surface area contributed by atoms with Crippen molar-refractivity contribution in [3.8, 4) is 0 Å². The summed E-state index contributed by atoms with van der Waals surface area (Å²) in [6.45, 7) is 6.48. The van der Waals surface area contributed by atoms with Crippen LogP contribution in [0.1, 0.15) is 25.8 Å². The van der Waals surface area contributed by atoms with Crippen LogP contribution in [0.3, 0.4) is 0 Å². The minimum atomic E-state index is 0.0373. The van der Waals surface area contributed by atoms with Gasteiger partial charge in [-0.05, 0) is 24.0 Å². The maximum absolute atomic E-state index is 7.65. The van der Waals surface area contributed by atoms with Gasteiger partial charge in [-0.25, -0.2) is 0 Å². The monoisotopic (exact) mass is 251 g/mol. The molecule has 2 rings (SSSR count). The number of anilines is 1. The van der Waals surface area contributed by atoms with Gasteiger partial charge in [-0.2, -0.15) is 0 Å². The van der Waals surface area contributed by atoms with Gasteiger partial charge in [0.25, 0.3) is 0 Å². The van der Waals surface area contributed by atoms with Crippen LogP contribution in [0.25, 0.3) is 0 Å². The highest BCUT2D eigenvalue weighted by Crippen LogP contribution is 2.35. The fourth-order valence-electron chi connectivity index (χ4n) is 2.36. The molecule has 92 valence electrons. The molecule has 0 amide bonds. The summed E-state index contributed by atoms with van der Waals surface area (Å²) in [5.41, 5.74) is 7.58. The van der Waals surface area contributed by atoms with E-state index in [9.17, 15) is 0 Å². The van der Waals surface area contributed by atoms with Crippen molar-refractivity contribution in [3.63, 3.8) is 0 Å². The predicted molar refractivity (Wildman–Crippen MR) is 73.1 cm³/mol. The van der Waals surface area contributed by atoms with Crippen molar-refractivity contribution in [3.05, 3.63) is 28.8 Å². The molecule has 0 bridgehead atoms. The molecule has 1 saturated heterocycles. The first-order valence-electron chi connectivity index (χ1n) is 5.78. The number of nitrogens with one attached hydrogen (secondary N) is 1. The molecular weight excluding hydrogens is 234 g/mol. The van der Waals surface area contributed by atoms with Crippen molar-refractivity contribution in [1.82, 2.24) is 0 Å². The van der Waals surface area contributed by atoms with Crippen molar-refractivity contribution in [2.75, 3.05) is 18.0 Å². The maximum Gasteiger partial charge on any atom is 0.126 e. The summed E-state index contributed by atoms with van der Waals surface area (Å²) in [7, 11) is 0.